The average Bonchev–Trinajstić information content (AvgIpc) is 2.40. The highest BCUT2D eigenvalue weighted by Gasteiger charge is 2.30. The molecule has 116 valence electrons. The summed E-state index contributed by atoms with van der Waals surface area (Å²) in [6.45, 7) is 10.2. The van der Waals surface area contributed by atoms with Gasteiger partial charge in [-0.2, -0.15) is 0 Å². The molecular formula is C17H26N2O2. The number of carbonyl (C=O) groups is 1. The van der Waals surface area contributed by atoms with Gasteiger partial charge in [-0.15, -0.1) is 0 Å². The highest BCUT2D eigenvalue weighted by atomic mass is 16.6. The van der Waals surface area contributed by atoms with Crippen molar-refractivity contribution in [2.75, 3.05) is 19.6 Å². The van der Waals surface area contributed by atoms with Gasteiger partial charge in [0, 0.05) is 19.6 Å². The van der Waals surface area contributed by atoms with Gasteiger partial charge < -0.3 is 15.0 Å². The van der Waals surface area contributed by atoms with Crippen molar-refractivity contribution in [1.29, 1.82) is 0 Å². The standard InChI is InChI=1S/C17H26N2O2/c1-13-7-5-6-8-14(13)11-15-12-18-9-10-19(15)16(20)21-17(2,3)4/h5-8,15,18H,9-12H2,1-4H3/t15-/m0/s1. The summed E-state index contributed by atoms with van der Waals surface area (Å²) in [7, 11) is 0. The molecule has 0 spiro atoms. The van der Waals surface area contributed by atoms with Crippen molar-refractivity contribution >= 4 is 6.09 Å². The van der Waals surface area contributed by atoms with Crippen LogP contribution >= 0.6 is 0 Å². The molecule has 4 nitrogen and oxygen atoms in total. The summed E-state index contributed by atoms with van der Waals surface area (Å²) in [5, 5.41) is 3.37. The van der Waals surface area contributed by atoms with E-state index in [-0.39, 0.29) is 12.1 Å². The summed E-state index contributed by atoms with van der Waals surface area (Å²) in [5.41, 5.74) is 2.11. The van der Waals surface area contributed by atoms with Gasteiger partial charge >= 0.3 is 6.09 Å². The lowest BCUT2D eigenvalue weighted by Gasteiger charge is -2.37. The van der Waals surface area contributed by atoms with Crippen LogP contribution < -0.4 is 5.32 Å². The molecule has 1 amide bonds. The van der Waals surface area contributed by atoms with Crippen LogP contribution in [0.5, 0.6) is 0 Å². The fourth-order valence-corrected chi connectivity index (χ4v) is 2.60. The molecule has 1 aromatic rings. The largest absolute Gasteiger partial charge is 0.444 e. The van der Waals surface area contributed by atoms with E-state index >= 15 is 0 Å². The molecule has 0 aliphatic carbocycles. The lowest BCUT2D eigenvalue weighted by Crippen LogP contribution is -2.55. The van der Waals surface area contributed by atoms with E-state index in [4.69, 9.17) is 4.74 Å². The lowest BCUT2D eigenvalue weighted by atomic mass is 9.99. The van der Waals surface area contributed by atoms with E-state index in [1.54, 1.807) is 0 Å². The Morgan fingerprint density at radius 1 is 1.38 bits per heavy atom. The zero-order chi connectivity index (χ0) is 15.5. The monoisotopic (exact) mass is 290 g/mol. The number of rotatable bonds is 2. The van der Waals surface area contributed by atoms with Crippen LogP contribution in [0.4, 0.5) is 4.79 Å². The van der Waals surface area contributed by atoms with Crippen LogP contribution in [0.3, 0.4) is 0 Å². The van der Waals surface area contributed by atoms with Gasteiger partial charge in [-0.3, -0.25) is 0 Å². The first-order chi connectivity index (χ1) is 9.87. The van der Waals surface area contributed by atoms with Crippen LogP contribution in [0.1, 0.15) is 31.9 Å². The maximum absolute atomic E-state index is 12.4. The van der Waals surface area contributed by atoms with Crippen molar-refractivity contribution in [2.24, 2.45) is 0 Å². The van der Waals surface area contributed by atoms with Crippen molar-refractivity contribution in [3.8, 4) is 0 Å². The second-order valence-electron chi connectivity index (χ2n) is 6.66. The van der Waals surface area contributed by atoms with Crippen LogP contribution in [0.15, 0.2) is 24.3 Å². The molecule has 0 unspecified atom stereocenters. The first-order valence-electron chi connectivity index (χ1n) is 7.61. The third kappa shape index (κ3) is 4.46. The number of ether oxygens (including phenoxy) is 1. The Morgan fingerprint density at radius 2 is 2.10 bits per heavy atom. The number of hydrogen-bond acceptors (Lipinski definition) is 3. The molecule has 0 aromatic heterocycles. The van der Waals surface area contributed by atoms with Crippen LogP contribution in [0.25, 0.3) is 0 Å². The molecular weight excluding hydrogens is 264 g/mol. The van der Waals surface area contributed by atoms with Crippen LogP contribution in [-0.2, 0) is 11.2 Å². The molecule has 2 rings (SSSR count). The number of benzene rings is 1. The summed E-state index contributed by atoms with van der Waals surface area (Å²) in [6.07, 6.45) is 0.654. The third-order valence-electron chi connectivity index (χ3n) is 3.70. The van der Waals surface area contributed by atoms with Gasteiger partial charge in [-0.05, 0) is 45.2 Å². The molecule has 1 aliphatic rings. The smallest absolute Gasteiger partial charge is 0.410 e. The van der Waals surface area contributed by atoms with E-state index in [0.717, 1.165) is 19.5 Å². The van der Waals surface area contributed by atoms with Gasteiger partial charge in [0.15, 0.2) is 0 Å². The first-order valence-corrected chi connectivity index (χ1v) is 7.61. The Labute approximate surface area is 127 Å². The minimum absolute atomic E-state index is 0.148. The second-order valence-corrected chi connectivity index (χ2v) is 6.66. The zero-order valence-electron chi connectivity index (χ0n) is 13.5. The van der Waals surface area contributed by atoms with Crippen LogP contribution in [-0.4, -0.2) is 42.3 Å². The number of nitrogens with one attached hydrogen (secondary N) is 1. The van der Waals surface area contributed by atoms with Gasteiger partial charge in [0.25, 0.3) is 0 Å². The molecule has 1 N–H and O–H groups in total. The normalized spacial score (nSPS) is 19.4. The van der Waals surface area contributed by atoms with Crippen LogP contribution in [0, 0.1) is 6.92 Å². The van der Waals surface area contributed by atoms with E-state index in [9.17, 15) is 4.79 Å². The van der Waals surface area contributed by atoms with Gasteiger partial charge in [-0.25, -0.2) is 4.79 Å². The van der Waals surface area contributed by atoms with Crippen molar-refractivity contribution < 1.29 is 9.53 Å². The molecule has 1 aromatic carbocycles. The third-order valence-corrected chi connectivity index (χ3v) is 3.70. The molecule has 1 atom stereocenters. The van der Waals surface area contributed by atoms with E-state index in [1.165, 1.54) is 11.1 Å². The summed E-state index contributed by atoms with van der Waals surface area (Å²) in [5.74, 6) is 0. The minimum Gasteiger partial charge on any atom is -0.444 e. The molecule has 1 saturated heterocycles. The molecule has 0 radical (unpaired) electrons. The summed E-state index contributed by atoms with van der Waals surface area (Å²) in [6, 6.07) is 8.50. The van der Waals surface area contributed by atoms with Crippen LogP contribution in [0.2, 0.25) is 0 Å². The van der Waals surface area contributed by atoms with Crippen molar-refractivity contribution in [1.82, 2.24) is 10.2 Å². The second kappa shape index (κ2) is 6.48. The summed E-state index contributed by atoms with van der Waals surface area (Å²) in [4.78, 5) is 14.2. The van der Waals surface area contributed by atoms with Crippen molar-refractivity contribution in [2.45, 2.75) is 45.8 Å². The number of nitrogens with zero attached hydrogens (tertiary/aromatic N) is 1. The Kier molecular flexibility index (Phi) is 4.88. The lowest BCUT2D eigenvalue weighted by molar-refractivity contribution is 0.0121. The van der Waals surface area contributed by atoms with Gasteiger partial charge in [0.1, 0.15) is 5.60 Å². The first kappa shape index (κ1) is 15.8. The molecule has 1 heterocycles. The summed E-state index contributed by atoms with van der Waals surface area (Å²) < 4.78 is 5.53. The predicted octanol–water partition coefficient (Wildman–Crippen LogP) is 2.75. The van der Waals surface area contributed by atoms with Crippen molar-refractivity contribution in [3.63, 3.8) is 0 Å². The Hall–Kier alpha value is -1.55. The van der Waals surface area contributed by atoms with E-state index < -0.39 is 5.60 Å². The zero-order valence-corrected chi connectivity index (χ0v) is 13.5. The SMILES string of the molecule is Cc1ccccc1C[C@H]1CNCCN1C(=O)OC(C)(C)C. The fourth-order valence-electron chi connectivity index (χ4n) is 2.60. The summed E-state index contributed by atoms with van der Waals surface area (Å²) >= 11 is 0. The molecule has 0 bridgehead atoms. The molecule has 4 heteroatoms. The maximum atomic E-state index is 12.4. The van der Waals surface area contributed by atoms with E-state index in [0.29, 0.717) is 6.54 Å². The minimum atomic E-state index is -0.449. The quantitative estimate of drug-likeness (QED) is 0.910. The number of aryl methyl sites for hydroxylation is 1. The number of carbonyl (C=O) groups excluding carboxylic acids is 1. The Balaban J connectivity index is 2.09. The van der Waals surface area contributed by atoms with Gasteiger partial charge in [0.2, 0.25) is 0 Å². The Bertz CT molecular complexity index is 494. The van der Waals surface area contributed by atoms with Gasteiger partial charge in [0.05, 0.1) is 6.04 Å². The number of amides is 1. The van der Waals surface area contributed by atoms with Gasteiger partial charge in [-0.1, -0.05) is 24.3 Å². The van der Waals surface area contributed by atoms with E-state index in [2.05, 4.69) is 30.4 Å². The molecule has 0 saturated carbocycles. The molecule has 1 fully saturated rings. The Morgan fingerprint density at radius 3 is 2.76 bits per heavy atom. The molecule has 1 aliphatic heterocycles. The topological polar surface area (TPSA) is 41.6 Å². The highest BCUT2D eigenvalue weighted by molar-refractivity contribution is 5.68. The average molecular weight is 290 g/mol. The van der Waals surface area contributed by atoms with Crippen molar-refractivity contribution in [3.05, 3.63) is 35.4 Å². The maximum Gasteiger partial charge on any atom is 0.410 e. The molecule has 21 heavy (non-hydrogen) atoms. The predicted molar refractivity (Wildman–Crippen MR) is 84.5 cm³/mol. The number of hydrogen-bond donors (Lipinski definition) is 1. The fraction of sp³-hybridized carbons (Fsp3) is 0.588. The highest BCUT2D eigenvalue weighted by Crippen LogP contribution is 2.17. The number of piperazine rings is 1. The van der Waals surface area contributed by atoms with E-state index in [1.807, 2.05) is 31.7 Å².